The van der Waals surface area contributed by atoms with Crippen molar-refractivity contribution in [2.24, 2.45) is 0 Å². The molecule has 6 nitrogen and oxygen atoms in total. The van der Waals surface area contributed by atoms with E-state index in [1.807, 2.05) is 13.0 Å². The van der Waals surface area contributed by atoms with E-state index in [-0.39, 0.29) is 5.69 Å². The minimum atomic E-state index is -0.478. The van der Waals surface area contributed by atoms with Gasteiger partial charge in [0.15, 0.2) is 0 Å². The minimum Gasteiger partial charge on any atom is -0.485 e. The second kappa shape index (κ2) is 7.13. The largest absolute Gasteiger partial charge is 0.485 e. The van der Waals surface area contributed by atoms with Crippen LogP contribution in [0.3, 0.4) is 0 Å². The number of non-ortho nitro benzene ring substituents is 1. The summed E-state index contributed by atoms with van der Waals surface area (Å²) in [6.07, 6.45) is 1.27. The molecule has 2 aromatic carbocycles. The van der Waals surface area contributed by atoms with Crippen LogP contribution in [0.1, 0.15) is 36.7 Å². The second-order valence-electron chi connectivity index (χ2n) is 6.72. The number of esters is 1. The number of rotatable bonds is 3. The predicted octanol–water partition coefficient (Wildman–Crippen LogP) is 5.21. The van der Waals surface area contributed by atoms with Gasteiger partial charge in [0.05, 0.1) is 10.5 Å². The van der Waals surface area contributed by atoms with Crippen molar-refractivity contribution in [2.45, 2.75) is 25.6 Å². The molecule has 0 bridgehead atoms. The van der Waals surface area contributed by atoms with E-state index < -0.39 is 23.1 Å². The minimum absolute atomic E-state index is 0.0170. The molecular formula is C21H16ClNO5. The molecule has 2 atom stereocenters. The fraction of sp³-hybridized carbons (Fsp3) is 0.190. The van der Waals surface area contributed by atoms with Gasteiger partial charge in [0.2, 0.25) is 0 Å². The highest BCUT2D eigenvalue weighted by molar-refractivity contribution is 6.30. The third kappa shape index (κ3) is 3.39. The number of carbonyl (C=O) groups excluding carboxylic acids is 1. The van der Waals surface area contributed by atoms with Crippen LogP contribution in [-0.4, -0.2) is 10.9 Å². The van der Waals surface area contributed by atoms with Gasteiger partial charge >= 0.3 is 5.97 Å². The maximum absolute atomic E-state index is 12.5. The molecule has 2 aromatic rings. The maximum atomic E-state index is 12.5. The Labute approximate surface area is 166 Å². The molecule has 2 unspecified atom stereocenters. The van der Waals surface area contributed by atoms with Crippen molar-refractivity contribution < 1.29 is 19.2 Å². The van der Waals surface area contributed by atoms with E-state index in [1.165, 1.54) is 12.1 Å². The lowest BCUT2D eigenvalue weighted by atomic mass is 9.93. The van der Waals surface area contributed by atoms with Crippen molar-refractivity contribution in [3.05, 3.63) is 97.8 Å². The van der Waals surface area contributed by atoms with Crippen molar-refractivity contribution >= 4 is 23.3 Å². The Hall–Kier alpha value is -3.12. The Morgan fingerprint density at radius 1 is 1.11 bits per heavy atom. The number of nitro benzene ring substituents is 1. The average Bonchev–Trinajstić information content (AvgIpc) is 2.68. The fourth-order valence-corrected chi connectivity index (χ4v) is 3.61. The number of nitro groups is 1. The molecule has 0 radical (unpaired) electrons. The Morgan fingerprint density at radius 3 is 2.54 bits per heavy atom. The molecule has 142 valence electrons. The summed E-state index contributed by atoms with van der Waals surface area (Å²) in [6.45, 7) is 1.85. The molecule has 2 aliphatic heterocycles. The highest BCUT2D eigenvalue weighted by atomic mass is 35.5. The molecule has 0 spiro atoms. The summed E-state index contributed by atoms with van der Waals surface area (Å²) in [5, 5.41) is 11.4. The molecule has 0 aromatic heterocycles. The molecule has 0 N–H and O–H groups in total. The lowest BCUT2D eigenvalue weighted by molar-refractivity contribution is -0.384. The van der Waals surface area contributed by atoms with Crippen molar-refractivity contribution in [3.63, 3.8) is 0 Å². The number of halogens is 1. The van der Waals surface area contributed by atoms with Crippen molar-refractivity contribution in [1.82, 2.24) is 0 Å². The Balaban J connectivity index is 1.62. The Kier molecular flexibility index (Phi) is 4.65. The summed E-state index contributed by atoms with van der Waals surface area (Å²) in [7, 11) is 0. The summed E-state index contributed by atoms with van der Waals surface area (Å²) < 4.78 is 11.7. The van der Waals surface area contributed by atoms with E-state index in [9.17, 15) is 14.9 Å². The Morgan fingerprint density at radius 2 is 1.86 bits per heavy atom. The first kappa shape index (κ1) is 18.3. The van der Waals surface area contributed by atoms with Gasteiger partial charge in [-0.3, -0.25) is 10.1 Å². The zero-order valence-electron chi connectivity index (χ0n) is 14.9. The summed E-state index contributed by atoms with van der Waals surface area (Å²) in [6, 6.07) is 13.4. The smallest absolute Gasteiger partial charge is 0.342 e. The topological polar surface area (TPSA) is 78.7 Å². The van der Waals surface area contributed by atoms with Crippen molar-refractivity contribution in [2.75, 3.05) is 0 Å². The highest BCUT2D eigenvalue weighted by Gasteiger charge is 2.35. The fourth-order valence-electron chi connectivity index (χ4n) is 3.41. The number of ether oxygens (including phenoxy) is 2. The van der Waals surface area contributed by atoms with Crippen LogP contribution in [0.5, 0.6) is 0 Å². The van der Waals surface area contributed by atoms with Gasteiger partial charge in [-0.2, -0.15) is 0 Å². The van der Waals surface area contributed by atoms with Gasteiger partial charge in [0, 0.05) is 23.6 Å². The van der Waals surface area contributed by atoms with Gasteiger partial charge in [-0.15, -0.1) is 0 Å². The molecular weight excluding hydrogens is 382 g/mol. The van der Waals surface area contributed by atoms with Crippen molar-refractivity contribution in [1.29, 1.82) is 0 Å². The molecule has 0 saturated heterocycles. The number of nitrogens with zero attached hydrogens (tertiary/aromatic N) is 1. The maximum Gasteiger partial charge on any atom is 0.342 e. The van der Waals surface area contributed by atoms with Crippen LogP contribution < -0.4 is 0 Å². The first-order chi connectivity index (χ1) is 13.4. The molecule has 0 saturated carbocycles. The molecule has 4 rings (SSSR count). The van der Waals surface area contributed by atoms with E-state index in [0.717, 1.165) is 16.7 Å². The standard InChI is InChI=1S/C21H16ClNO5/c1-12-9-17-19(27-20(12)13-5-7-16(8-6-13)23(25)26)11-18(28-21(17)24)14-3-2-4-15(22)10-14/h2-10,18,20H,11H2,1H3. The molecule has 0 aliphatic carbocycles. The number of hydrogen-bond donors (Lipinski definition) is 0. The van der Waals surface area contributed by atoms with Gasteiger partial charge < -0.3 is 9.47 Å². The van der Waals surface area contributed by atoms with E-state index in [2.05, 4.69) is 0 Å². The van der Waals surface area contributed by atoms with E-state index in [4.69, 9.17) is 21.1 Å². The summed E-state index contributed by atoms with van der Waals surface area (Å²) in [4.78, 5) is 22.9. The number of carbonyl (C=O) groups is 1. The molecule has 0 amide bonds. The summed E-state index contributed by atoms with van der Waals surface area (Å²) in [5.74, 6) is 0.114. The molecule has 28 heavy (non-hydrogen) atoms. The molecule has 2 aliphatic rings. The van der Waals surface area contributed by atoms with Crippen LogP contribution in [0, 0.1) is 10.1 Å². The normalized spacial score (nSPS) is 21.4. The van der Waals surface area contributed by atoms with Gasteiger partial charge in [-0.1, -0.05) is 23.7 Å². The van der Waals surface area contributed by atoms with Crippen LogP contribution in [0.15, 0.2) is 71.5 Å². The van der Waals surface area contributed by atoms with Crippen LogP contribution in [0.4, 0.5) is 5.69 Å². The van der Waals surface area contributed by atoms with Crippen LogP contribution in [-0.2, 0) is 14.3 Å². The van der Waals surface area contributed by atoms with Crippen LogP contribution in [0.2, 0.25) is 5.02 Å². The van der Waals surface area contributed by atoms with Gasteiger partial charge in [0.1, 0.15) is 18.0 Å². The van der Waals surface area contributed by atoms with Crippen LogP contribution >= 0.6 is 11.6 Å². The third-order valence-electron chi connectivity index (χ3n) is 4.81. The molecule has 7 heteroatoms. The first-order valence-electron chi connectivity index (χ1n) is 8.71. The second-order valence-corrected chi connectivity index (χ2v) is 7.16. The van der Waals surface area contributed by atoms with Gasteiger partial charge in [-0.25, -0.2) is 4.79 Å². The van der Waals surface area contributed by atoms with E-state index in [1.54, 1.807) is 36.4 Å². The van der Waals surface area contributed by atoms with E-state index >= 15 is 0 Å². The zero-order chi connectivity index (χ0) is 19.8. The monoisotopic (exact) mass is 397 g/mol. The molecule has 0 fully saturated rings. The number of cyclic esters (lactones) is 1. The Bertz CT molecular complexity index is 1030. The average molecular weight is 398 g/mol. The number of hydrogen-bond acceptors (Lipinski definition) is 5. The van der Waals surface area contributed by atoms with E-state index in [0.29, 0.717) is 22.8 Å². The molecule has 2 heterocycles. The summed E-state index contributed by atoms with van der Waals surface area (Å²) in [5.41, 5.74) is 2.83. The zero-order valence-corrected chi connectivity index (χ0v) is 15.7. The van der Waals surface area contributed by atoms with Gasteiger partial charge in [-0.05, 0) is 54.0 Å². The summed E-state index contributed by atoms with van der Waals surface area (Å²) >= 11 is 6.05. The van der Waals surface area contributed by atoms with Crippen LogP contribution in [0.25, 0.3) is 0 Å². The highest BCUT2D eigenvalue weighted by Crippen LogP contribution is 2.42. The first-order valence-corrected chi connectivity index (χ1v) is 9.09. The lowest BCUT2D eigenvalue weighted by Gasteiger charge is -2.33. The number of benzene rings is 2. The van der Waals surface area contributed by atoms with Crippen molar-refractivity contribution in [3.8, 4) is 0 Å². The SMILES string of the molecule is CC1=CC2=C(CC(c3cccc(Cl)c3)OC2=O)OC1c1ccc([N+](=O)[O-])cc1. The third-order valence-corrected chi connectivity index (χ3v) is 5.05. The lowest BCUT2D eigenvalue weighted by Crippen LogP contribution is -2.25. The predicted molar refractivity (Wildman–Crippen MR) is 103 cm³/mol. The van der Waals surface area contributed by atoms with Gasteiger partial charge in [0.25, 0.3) is 5.69 Å². The quantitative estimate of drug-likeness (QED) is 0.403.